The molecule has 0 bridgehead atoms. The average Bonchev–Trinajstić information content (AvgIpc) is 2.17. The van der Waals surface area contributed by atoms with E-state index in [1.807, 2.05) is 0 Å². The van der Waals surface area contributed by atoms with Crippen molar-refractivity contribution in [1.29, 1.82) is 0 Å². The summed E-state index contributed by atoms with van der Waals surface area (Å²) in [6.45, 7) is 0. The Bertz CT molecular complexity index is 410. The molecular weight excluding hydrogens is 228 g/mol. The van der Waals surface area contributed by atoms with E-state index in [1.54, 1.807) is 0 Å². The summed E-state index contributed by atoms with van der Waals surface area (Å²) in [5, 5.41) is 0. The molecule has 0 atom stereocenters. The van der Waals surface area contributed by atoms with Gasteiger partial charge in [0.25, 0.3) is 0 Å². The fraction of sp³-hybridized carbons (Fsp3) is 0.100. The minimum absolute atomic E-state index is 0.263. The van der Waals surface area contributed by atoms with Crippen LogP contribution in [0.3, 0.4) is 0 Å². The van der Waals surface area contributed by atoms with Gasteiger partial charge in [-0.3, -0.25) is 4.79 Å². The lowest BCUT2D eigenvalue weighted by Gasteiger charge is -2.09. The normalized spacial score (nSPS) is 11.8. The van der Waals surface area contributed by atoms with Crippen molar-refractivity contribution in [2.45, 2.75) is 6.36 Å². The predicted octanol–water partition coefficient (Wildman–Crippen LogP) is 2.94. The SMILES string of the molecule is O=C/C=C/c1ccc(OC(F)(F)F)c(F)c1. The molecule has 0 saturated carbocycles. The Hall–Kier alpha value is -1.85. The molecule has 1 aromatic rings. The van der Waals surface area contributed by atoms with Gasteiger partial charge in [0.15, 0.2) is 11.6 Å². The lowest BCUT2D eigenvalue weighted by atomic mass is 10.2. The first kappa shape index (κ1) is 12.2. The zero-order valence-electron chi connectivity index (χ0n) is 7.79. The Labute approximate surface area is 88.1 Å². The maximum absolute atomic E-state index is 13.1. The van der Waals surface area contributed by atoms with Gasteiger partial charge in [0.05, 0.1) is 0 Å². The molecule has 1 aromatic carbocycles. The lowest BCUT2D eigenvalue weighted by Crippen LogP contribution is -2.17. The number of carbonyl (C=O) groups excluding carboxylic acids is 1. The van der Waals surface area contributed by atoms with Gasteiger partial charge < -0.3 is 4.74 Å². The molecular formula is C10H6F4O2. The average molecular weight is 234 g/mol. The quantitative estimate of drug-likeness (QED) is 0.456. The number of rotatable bonds is 3. The summed E-state index contributed by atoms with van der Waals surface area (Å²) in [6, 6.07) is 2.87. The first-order chi connectivity index (χ1) is 7.42. The van der Waals surface area contributed by atoms with E-state index in [0.717, 1.165) is 18.2 Å². The van der Waals surface area contributed by atoms with Gasteiger partial charge in [0.1, 0.15) is 6.29 Å². The number of hydrogen-bond acceptors (Lipinski definition) is 2. The fourth-order valence-electron chi connectivity index (χ4n) is 0.979. The zero-order valence-corrected chi connectivity index (χ0v) is 7.79. The van der Waals surface area contributed by atoms with Crippen LogP contribution in [0.2, 0.25) is 0 Å². The number of benzene rings is 1. The monoisotopic (exact) mass is 234 g/mol. The number of halogens is 4. The van der Waals surface area contributed by atoms with Gasteiger partial charge >= 0.3 is 6.36 Å². The summed E-state index contributed by atoms with van der Waals surface area (Å²) in [5.41, 5.74) is 0.263. The van der Waals surface area contributed by atoms with Gasteiger partial charge in [-0.25, -0.2) is 4.39 Å². The molecule has 0 aliphatic rings. The maximum Gasteiger partial charge on any atom is 0.573 e. The Morgan fingerprint density at radius 2 is 1.94 bits per heavy atom. The van der Waals surface area contributed by atoms with Crippen molar-refractivity contribution in [2.24, 2.45) is 0 Å². The van der Waals surface area contributed by atoms with E-state index in [-0.39, 0.29) is 5.56 Å². The van der Waals surface area contributed by atoms with Crippen LogP contribution in [-0.2, 0) is 4.79 Å². The second kappa shape index (κ2) is 4.78. The minimum Gasteiger partial charge on any atom is -0.403 e. The minimum atomic E-state index is -4.93. The summed E-state index contributed by atoms with van der Waals surface area (Å²) < 4.78 is 51.8. The second-order valence-electron chi connectivity index (χ2n) is 2.73. The molecule has 1 rings (SSSR count). The topological polar surface area (TPSA) is 26.3 Å². The maximum atomic E-state index is 13.1. The zero-order chi connectivity index (χ0) is 12.2. The molecule has 86 valence electrons. The molecule has 0 spiro atoms. The van der Waals surface area contributed by atoms with E-state index in [1.165, 1.54) is 12.1 Å². The van der Waals surface area contributed by atoms with Crippen LogP contribution in [-0.4, -0.2) is 12.6 Å². The number of hydrogen-bond donors (Lipinski definition) is 0. The third-order valence-electron chi connectivity index (χ3n) is 1.55. The molecule has 0 aromatic heterocycles. The summed E-state index contributed by atoms with van der Waals surface area (Å²) in [4.78, 5) is 9.96. The van der Waals surface area contributed by atoms with E-state index < -0.39 is 17.9 Å². The van der Waals surface area contributed by atoms with Gasteiger partial charge in [-0.2, -0.15) is 0 Å². The van der Waals surface area contributed by atoms with E-state index in [4.69, 9.17) is 0 Å². The molecule has 0 N–H and O–H groups in total. The molecule has 0 radical (unpaired) electrons. The first-order valence-corrected chi connectivity index (χ1v) is 4.09. The predicted molar refractivity (Wildman–Crippen MR) is 48.2 cm³/mol. The van der Waals surface area contributed by atoms with Crippen LogP contribution in [0.1, 0.15) is 5.56 Å². The van der Waals surface area contributed by atoms with Crippen LogP contribution in [0.15, 0.2) is 24.3 Å². The standard InChI is InChI=1S/C10H6F4O2/c11-8-6-7(2-1-5-15)3-4-9(8)16-10(12,13)14/h1-6H/b2-1+. The Kier molecular flexibility index (Phi) is 3.65. The number of aldehydes is 1. The van der Waals surface area contributed by atoms with Crippen LogP contribution in [0.4, 0.5) is 17.6 Å². The Morgan fingerprint density at radius 3 is 2.44 bits per heavy atom. The van der Waals surface area contributed by atoms with Crippen molar-refractivity contribution in [1.82, 2.24) is 0 Å². The van der Waals surface area contributed by atoms with Crippen molar-refractivity contribution in [2.75, 3.05) is 0 Å². The van der Waals surface area contributed by atoms with Crippen molar-refractivity contribution in [3.8, 4) is 5.75 Å². The van der Waals surface area contributed by atoms with Crippen LogP contribution < -0.4 is 4.74 Å². The Morgan fingerprint density at radius 1 is 1.25 bits per heavy atom. The van der Waals surface area contributed by atoms with Crippen LogP contribution >= 0.6 is 0 Å². The van der Waals surface area contributed by atoms with Crippen molar-refractivity contribution in [3.63, 3.8) is 0 Å². The Balaban J connectivity index is 2.91. The first-order valence-electron chi connectivity index (χ1n) is 4.09. The van der Waals surface area contributed by atoms with Gasteiger partial charge in [-0.1, -0.05) is 12.1 Å². The molecule has 0 aliphatic carbocycles. The highest BCUT2D eigenvalue weighted by Gasteiger charge is 2.32. The van der Waals surface area contributed by atoms with E-state index >= 15 is 0 Å². The number of alkyl halides is 3. The number of ether oxygens (including phenoxy) is 1. The van der Waals surface area contributed by atoms with E-state index in [2.05, 4.69) is 4.74 Å². The molecule has 0 heterocycles. The molecule has 0 unspecified atom stereocenters. The number of allylic oxidation sites excluding steroid dienone is 1. The van der Waals surface area contributed by atoms with E-state index in [0.29, 0.717) is 6.29 Å². The molecule has 16 heavy (non-hydrogen) atoms. The summed E-state index contributed by atoms with van der Waals surface area (Å²) >= 11 is 0. The molecule has 0 amide bonds. The third kappa shape index (κ3) is 3.72. The molecule has 6 heteroatoms. The van der Waals surface area contributed by atoms with Gasteiger partial charge in [0, 0.05) is 0 Å². The molecule has 0 fully saturated rings. The molecule has 0 saturated heterocycles. The van der Waals surface area contributed by atoms with Gasteiger partial charge in [-0.05, 0) is 23.8 Å². The number of carbonyl (C=O) groups is 1. The van der Waals surface area contributed by atoms with Crippen molar-refractivity contribution in [3.05, 3.63) is 35.7 Å². The van der Waals surface area contributed by atoms with Gasteiger partial charge in [0.2, 0.25) is 0 Å². The van der Waals surface area contributed by atoms with Gasteiger partial charge in [-0.15, -0.1) is 13.2 Å². The lowest BCUT2D eigenvalue weighted by molar-refractivity contribution is -0.275. The fourth-order valence-corrected chi connectivity index (χ4v) is 0.979. The second-order valence-corrected chi connectivity index (χ2v) is 2.73. The highest BCUT2D eigenvalue weighted by Crippen LogP contribution is 2.26. The highest BCUT2D eigenvalue weighted by molar-refractivity contribution is 5.73. The smallest absolute Gasteiger partial charge is 0.403 e. The molecule has 2 nitrogen and oxygen atoms in total. The summed E-state index contributed by atoms with van der Waals surface area (Å²) in [7, 11) is 0. The highest BCUT2D eigenvalue weighted by atomic mass is 19.4. The van der Waals surface area contributed by atoms with Crippen LogP contribution in [0, 0.1) is 5.82 Å². The van der Waals surface area contributed by atoms with Crippen LogP contribution in [0.5, 0.6) is 5.75 Å². The van der Waals surface area contributed by atoms with E-state index in [9.17, 15) is 22.4 Å². The van der Waals surface area contributed by atoms with Crippen LogP contribution in [0.25, 0.3) is 6.08 Å². The third-order valence-corrected chi connectivity index (χ3v) is 1.55. The van der Waals surface area contributed by atoms with Crippen molar-refractivity contribution < 1.29 is 27.1 Å². The largest absolute Gasteiger partial charge is 0.573 e. The van der Waals surface area contributed by atoms with Crippen molar-refractivity contribution >= 4 is 12.4 Å². The molecule has 0 aliphatic heterocycles. The summed E-state index contributed by atoms with van der Waals surface area (Å²) in [5.74, 6) is -2.05. The summed E-state index contributed by atoms with van der Waals surface area (Å²) in [6.07, 6.45) is -2.11.